The molecule has 1 amide bonds. The largest absolute Gasteiger partial charge is 0.345 e. The molecule has 0 radical (unpaired) electrons. The third kappa shape index (κ3) is 3.16. The maximum atomic E-state index is 12.0. The van der Waals surface area contributed by atoms with Crippen LogP contribution < -0.4 is 5.32 Å². The van der Waals surface area contributed by atoms with Crippen molar-refractivity contribution in [2.45, 2.75) is 44.6 Å². The van der Waals surface area contributed by atoms with Gasteiger partial charge in [-0.1, -0.05) is 30.9 Å². The predicted molar refractivity (Wildman–Crippen MR) is 66.0 cm³/mol. The lowest BCUT2D eigenvalue weighted by molar-refractivity contribution is 0.0876. The zero-order valence-electron chi connectivity index (χ0n) is 9.87. The van der Waals surface area contributed by atoms with Crippen LogP contribution in [0.15, 0.2) is 12.1 Å². The molecule has 0 atom stereocenters. The Morgan fingerprint density at radius 3 is 2.59 bits per heavy atom. The summed E-state index contributed by atoms with van der Waals surface area (Å²) in [5.74, 6) is -0.168. The van der Waals surface area contributed by atoms with Crippen molar-refractivity contribution >= 4 is 17.5 Å². The van der Waals surface area contributed by atoms with E-state index in [1.54, 1.807) is 12.1 Å². The van der Waals surface area contributed by atoms with Crippen LogP contribution in [0.3, 0.4) is 0 Å². The second-order valence-corrected chi connectivity index (χ2v) is 5.20. The average molecular weight is 254 g/mol. The second kappa shape index (κ2) is 5.00. The van der Waals surface area contributed by atoms with Crippen LogP contribution in [0.25, 0.3) is 0 Å². The lowest BCUT2D eigenvalue weighted by Gasteiger charge is -2.34. The summed E-state index contributed by atoms with van der Waals surface area (Å²) in [6, 6.07) is 3.17. The molecule has 1 heterocycles. The van der Waals surface area contributed by atoms with Crippen LogP contribution in [0.2, 0.25) is 5.15 Å². The van der Waals surface area contributed by atoms with Crippen molar-refractivity contribution in [3.05, 3.63) is 23.0 Å². The fourth-order valence-electron chi connectivity index (χ4n) is 2.23. The highest BCUT2D eigenvalue weighted by atomic mass is 35.5. The zero-order chi connectivity index (χ0) is 12.3. The minimum absolute atomic E-state index is 0.101. The molecule has 5 heteroatoms. The maximum Gasteiger partial charge on any atom is 0.272 e. The average Bonchev–Trinajstić information content (AvgIpc) is 2.30. The van der Waals surface area contributed by atoms with E-state index in [1.807, 2.05) is 0 Å². The van der Waals surface area contributed by atoms with E-state index in [9.17, 15) is 4.79 Å². The Bertz CT molecular complexity index is 399. The van der Waals surface area contributed by atoms with Crippen LogP contribution in [-0.2, 0) is 0 Å². The smallest absolute Gasteiger partial charge is 0.272 e. The first-order valence-corrected chi connectivity index (χ1v) is 6.29. The molecular weight excluding hydrogens is 238 g/mol. The van der Waals surface area contributed by atoms with Gasteiger partial charge in [-0.05, 0) is 31.9 Å². The molecule has 1 aromatic rings. The van der Waals surface area contributed by atoms with Crippen molar-refractivity contribution in [1.82, 2.24) is 15.5 Å². The highest BCUT2D eigenvalue weighted by Gasteiger charge is 2.29. The highest BCUT2D eigenvalue weighted by molar-refractivity contribution is 6.29. The van der Waals surface area contributed by atoms with Gasteiger partial charge in [0.25, 0.3) is 5.91 Å². The van der Waals surface area contributed by atoms with E-state index in [0.717, 1.165) is 12.8 Å². The van der Waals surface area contributed by atoms with Gasteiger partial charge in [0.1, 0.15) is 0 Å². The van der Waals surface area contributed by atoms with E-state index in [2.05, 4.69) is 22.4 Å². The minimum atomic E-state index is -0.168. The molecule has 0 aliphatic heterocycles. The lowest BCUT2D eigenvalue weighted by atomic mass is 9.83. The van der Waals surface area contributed by atoms with Gasteiger partial charge in [-0.25, -0.2) is 0 Å². The molecule has 1 fully saturated rings. The summed E-state index contributed by atoms with van der Waals surface area (Å²) in [6.07, 6.45) is 5.65. The number of nitrogens with zero attached hydrogens (tertiary/aromatic N) is 2. The predicted octanol–water partition coefficient (Wildman–Crippen LogP) is 2.58. The number of hydrogen-bond acceptors (Lipinski definition) is 3. The molecule has 4 nitrogen and oxygen atoms in total. The van der Waals surface area contributed by atoms with E-state index in [1.165, 1.54) is 19.3 Å². The van der Waals surface area contributed by atoms with Crippen molar-refractivity contribution in [1.29, 1.82) is 0 Å². The van der Waals surface area contributed by atoms with Crippen molar-refractivity contribution in [2.24, 2.45) is 0 Å². The zero-order valence-corrected chi connectivity index (χ0v) is 10.6. The van der Waals surface area contributed by atoms with Crippen molar-refractivity contribution in [3.8, 4) is 0 Å². The van der Waals surface area contributed by atoms with Gasteiger partial charge in [-0.15, -0.1) is 10.2 Å². The highest BCUT2D eigenvalue weighted by Crippen LogP contribution is 2.27. The molecule has 1 N–H and O–H groups in total. The number of carbonyl (C=O) groups is 1. The van der Waals surface area contributed by atoms with E-state index in [0.29, 0.717) is 10.8 Å². The first kappa shape index (κ1) is 12.3. The van der Waals surface area contributed by atoms with Crippen LogP contribution in [0, 0.1) is 0 Å². The molecule has 92 valence electrons. The number of carbonyl (C=O) groups excluding carboxylic acids is 1. The van der Waals surface area contributed by atoms with Crippen LogP contribution >= 0.6 is 11.6 Å². The molecule has 17 heavy (non-hydrogen) atoms. The number of nitrogens with one attached hydrogen (secondary N) is 1. The van der Waals surface area contributed by atoms with E-state index >= 15 is 0 Å². The Balaban J connectivity index is 2.03. The Labute approximate surface area is 106 Å². The first-order chi connectivity index (χ1) is 8.09. The van der Waals surface area contributed by atoms with Crippen LogP contribution in [0.5, 0.6) is 0 Å². The van der Waals surface area contributed by atoms with Gasteiger partial charge >= 0.3 is 0 Å². The molecule has 0 unspecified atom stereocenters. The molecule has 1 aliphatic rings. The summed E-state index contributed by atoms with van der Waals surface area (Å²) in [6.45, 7) is 2.09. The molecule has 1 aromatic heterocycles. The molecule has 2 rings (SSSR count). The summed E-state index contributed by atoms with van der Waals surface area (Å²) in [5.41, 5.74) is 0.220. The van der Waals surface area contributed by atoms with E-state index in [4.69, 9.17) is 11.6 Å². The number of amides is 1. The van der Waals surface area contributed by atoms with E-state index in [-0.39, 0.29) is 11.4 Å². The molecule has 0 spiro atoms. The van der Waals surface area contributed by atoms with Crippen molar-refractivity contribution in [2.75, 3.05) is 0 Å². The summed E-state index contributed by atoms with van der Waals surface area (Å²) in [5, 5.41) is 10.8. The third-order valence-electron chi connectivity index (χ3n) is 3.24. The summed E-state index contributed by atoms with van der Waals surface area (Å²) >= 11 is 5.63. The van der Waals surface area contributed by atoms with Crippen LogP contribution in [0.4, 0.5) is 0 Å². The van der Waals surface area contributed by atoms with Crippen LogP contribution in [0.1, 0.15) is 49.5 Å². The maximum absolute atomic E-state index is 12.0. The summed E-state index contributed by atoms with van der Waals surface area (Å²) in [7, 11) is 0. The normalized spacial score (nSPS) is 18.7. The third-order valence-corrected chi connectivity index (χ3v) is 3.44. The fraction of sp³-hybridized carbons (Fsp3) is 0.583. The quantitative estimate of drug-likeness (QED) is 0.881. The lowest BCUT2D eigenvalue weighted by Crippen LogP contribution is -2.47. The monoisotopic (exact) mass is 253 g/mol. The molecule has 0 bridgehead atoms. The topological polar surface area (TPSA) is 54.9 Å². The molecule has 0 aromatic carbocycles. The van der Waals surface area contributed by atoms with Gasteiger partial charge in [0.05, 0.1) is 0 Å². The molecule has 1 aliphatic carbocycles. The second-order valence-electron chi connectivity index (χ2n) is 4.82. The number of aromatic nitrogens is 2. The molecule has 1 saturated carbocycles. The van der Waals surface area contributed by atoms with Gasteiger partial charge in [0, 0.05) is 5.54 Å². The van der Waals surface area contributed by atoms with Gasteiger partial charge in [-0.3, -0.25) is 4.79 Å². The summed E-state index contributed by atoms with van der Waals surface area (Å²) < 4.78 is 0. The van der Waals surface area contributed by atoms with E-state index < -0.39 is 0 Å². The Kier molecular flexibility index (Phi) is 3.62. The molecular formula is C12H16ClN3O. The minimum Gasteiger partial charge on any atom is -0.345 e. The Morgan fingerprint density at radius 1 is 1.29 bits per heavy atom. The Hall–Kier alpha value is -1.16. The SMILES string of the molecule is CC1(NC(=O)c2ccc(Cl)nn2)CCCCC1. The van der Waals surface area contributed by atoms with Gasteiger partial charge < -0.3 is 5.32 Å². The van der Waals surface area contributed by atoms with Gasteiger partial charge in [-0.2, -0.15) is 0 Å². The van der Waals surface area contributed by atoms with Gasteiger partial charge in [0.2, 0.25) is 0 Å². The van der Waals surface area contributed by atoms with Crippen molar-refractivity contribution in [3.63, 3.8) is 0 Å². The molecule has 0 saturated heterocycles. The fourth-order valence-corrected chi connectivity index (χ4v) is 2.33. The van der Waals surface area contributed by atoms with Crippen LogP contribution in [-0.4, -0.2) is 21.6 Å². The number of halogens is 1. The van der Waals surface area contributed by atoms with Gasteiger partial charge in [0.15, 0.2) is 10.8 Å². The van der Waals surface area contributed by atoms with Crippen molar-refractivity contribution < 1.29 is 4.79 Å². The summed E-state index contributed by atoms with van der Waals surface area (Å²) in [4.78, 5) is 12.0. The number of hydrogen-bond donors (Lipinski definition) is 1. The standard InChI is InChI=1S/C12H16ClN3O/c1-12(7-3-2-4-8-12)14-11(17)9-5-6-10(13)16-15-9/h5-6H,2-4,7-8H2,1H3,(H,14,17). The first-order valence-electron chi connectivity index (χ1n) is 5.91. The number of rotatable bonds is 2. The Morgan fingerprint density at radius 2 is 2.00 bits per heavy atom.